The molecule has 0 bridgehead atoms. The maximum absolute atomic E-state index is 13.0. The minimum absolute atomic E-state index is 0.0507. The molecule has 1 rings (SSSR count). The highest BCUT2D eigenvalue weighted by molar-refractivity contribution is 5.92. The number of hydrogen-bond donors (Lipinski definition) is 1. The molecular weight excluding hydrogens is 194 g/mol. The summed E-state index contributed by atoms with van der Waals surface area (Å²) in [5, 5.41) is 9.09. The summed E-state index contributed by atoms with van der Waals surface area (Å²) in [5.41, 5.74) is -0.645. The lowest BCUT2D eigenvalue weighted by molar-refractivity contribution is 0.0517. The van der Waals surface area contributed by atoms with Crippen molar-refractivity contribution in [3.8, 4) is 5.75 Å². The predicted octanol–water partition coefficient (Wildman–Crippen LogP) is 1.85. The van der Waals surface area contributed by atoms with Gasteiger partial charge in [0.2, 0.25) is 0 Å². The Morgan fingerprint density at radius 3 is 2.64 bits per heavy atom. The van der Waals surface area contributed by atoms with Gasteiger partial charge < -0.3 is 9.84 Å². The van der Waals surface area contributed by atoms with Gasteiger partial charge in [0, 0.05) is 12.1 Å². The zero-order chi connectivity index (χ0) is 10.7. The number of phenols is 1. The van der Waals surface area contributed by atoms with E-state index < -0.39 is 28.9 Å². The second-order valence-corrected chi connectivity index (χ2v) is 2.50. The van der Waals surface area contributed by atoms with Crippen LogP contribution in [-0.4, -0.2) is 17.7 Å². The Balaban J connectivity index is 3.14. The minimum Gasteiger partial charge on any atom is -0.507 e. The number of aromatic hydroxyl groups is 1. The third-order valence-electron chi connectivity index (χ3n) is 1.51. The van der Waals surface area contributed by atoms with Crippen LogP contribution in [0.15, 0.2) is 12.1 Å². The lowest BCUT2D eigenvalue weighted by Crippen LogP contribution is -2.07. The number of benzene rings is 1. The van der Waals surface area contributed by atoms with Crippen molar-refractivity contribution in [3.05, 3.63) is 29.3 Å². The number of carbonyl (C=O) groups is 1. The smallest absolute Gasteiger partial charge is 0.344 e. The molecule has 0 aliphatic carbocycles. The Morgan fingerprint density at radius 1 is 1.50 bits per heavy atom. The number of rotatable bonds is 2. The van der Waals surface area contributed by atoms with Crippen molar-refractivity contribution in [3.63, 3.8) is 0 Å². The molecule has 0 aromatic heterocycles. The van der Waals surface area contributed by atoms with Crippen LogP contribution in [0, 0.1) is 11.6 Å². The maximum atomic E-state index is 13.0. The van der Waals surface area contributed by atoms with E-state index in [2.05, 4.69) is 4.74 Å². The quantitative estimate of drug-likeness (QED) is 0.744. The van der Waals surface area contributed by atoms with Crippen LogP contribution in [0.1, 0.15) is 17.3 Å². The van der Waals surface area contributed by atoms with Gasteiger partial charge in [0.05, 0.1) is 6.61 Å². The zero-order valence-electron chi connectivity index (χ0n) is 7.38. The third-order valence-corrected chi connectivity index (χ3v) is 1.51. The molecule has 5 heteroatoms. The van der Waals surface area contributed by atoms with Crippen molar-refractivity contribution in [2.24, 2.45) is 0 Å². The summed E-state index contributed by atoms with van der Waals surface area (Å²) >= 11 is 0. The Hall–Kier alpha value is -1.65. The van der Waals surface area contributed by atoms with Crippen molar-refractivity contribution in [2.75, 3.05) is 6.61 Å². The molecule has 0 radical (unpaired) electrons. The average Bonchev–Trinajstić information content (AvgIpc) is 2.01. The van der Waals surface area contributed by atoms with Crippen LogP contribution in [0.25, 0.3) is 0 Å². The molecular formula is C9H8F2O3. The van der Waals surface area contributed by atoms with Gasteiger partial charge in [-0.2, -0.15) is 0 Å². The van der Waals surface area contributed by atoms with Crippen molar-refractivity contribution < 1.29 is 23.4 Å². The number of ether oxygens (including phenoxy) is 1. The first kappa shape index (κ1) is 10.4. The van der Waals surface area contributed by atoms with Gasteiger partial charge in [-0.3, -0.25) is 0 Å². The molecule has 0 saturated carbocycles. The molecule has 0 fully saturated rings. The van der Waals surface area contributed by atoms with Crippen molar-refractivity contribution in [1.29, 1.82) is 0 Å². The molecule has 0 saturated heterocycles. The third kappa shape index (κ3) is 1.99. The highest BCUT2D eigenvalue weighted by atomic mass is 19.1. The molecule has 0 aliphatic rings. The highest BCUT2D eigenvalue weighted by Crippen LogP contribution is 2.22. The largest absolute Gasteiger partial charge is 0.507 e. The zero-order valence-corrected chi connectivity index (χ0v) is 7.38. The Morgan fingerprint density at radius 2 is 2.14 bits per heavy atom. The molecule has 3 nitrogen and oxygen atoms in total. The number of carbonyl (C=O) groups excluding carboxylic acids is 1. The maximum Gasteiger partial charge on any atom is 0.344 e. The van der Waals surface area contributed by atoms with Gasteiger partial charge in [-0.05, 0) is 6.92 Å². The summed E-state index contributed by atoms with van der Waals surface area (Å²) in [6.45, 7) is 1.59. The van der Waals surface area contributed by atoms with Gasteiger partial charge >= 0.3 is 5.97 Å². The summed E-state index contributed by atoms with van der Waals surface area (Å²) in [7, 11) is 0. The van der Waals surface area contributed by atoms with Crippen molar-refractivity contribution in [2.45, 2.75) is 6.92 Å². The van der Waals surface area contributed by atoms with Crippen LogP contribution in [0.4, 0.5) is 8.78 Å². The molecule has 76 valence electrons. The van der Waals surface area contributed by atoms with E-state index >= 15 is 0 Å². The molecule has 14 heavy (non-hydrogen) atoms. The SMILES string of the molecule is CCOC(=O)c1c(O)cc(F)cc1F. The lowest BCUT2D eigenvalue weighted by atomic mass is 10.2. The molecule has 1 aromatic rings. The van der Waals surface area contributed by atoms with Crippen molar-refractivity contribution in [1.82, 2.24) is 0 Å². The standard InChI is InChI=1S/C9H8F2O3/c1-2-14-9(13)8-6(11)3-5(10)4-7(8)12/h3-4,12H,2H2,1H3. The normalized spacial score (nSPS) is 9.93. The minimum atomic E-state index is -1.14. The molecule has 1 N–H and O–H groups in total. The summed E-state index contributed by atoms with van der Waals surface area (Å²) in [5.74, 6) is -3.86. The summed E-state index contributed by atoms with van der Waals surface area (Å²) in [6.07, 6.45) is 0. The molecule has 0 unspecified atom stereocenters. The summed E-state index contributed by atoms with van der Waals surface area (Å²) in [6, 6.07) is 1.15. The molecule has 1 aromatic carbocycles. The Bertz CT molecular complexity index is 340. The van der Waals surface area contributed by atoms with E-state index in [9.17, 15) is 13.6 Å². The molecule has 0 spiro atoms. The van der Waals surface area contributed by atoms with Crippen LogP contribution in [0.5, 0.6) is 5.75 Å². The second kappa shape index (κ2) is 4.04. The topological polar surface area (TPSA) is 46.5 Å². The Kier molecular flexibility index (Phi) is 3.01. The number of hydrogen-bond acceptors (Lipinski definition) is 3. The fourth-order valence-electron chi connectivity index (χ4n) is 0.965. The van der Waals surface area contributed by atoms with Crippen molar-refractivity contribution >= 4 is 5.97 Å². The number of esters is 1. The van der Waals surface area contributed by atoms with Crippen LogP contribution in [0.3, 0.4) is 0 Å². The van der Waals surface area contributed by atoms with Gasteiger partial charge in [-0.15, -0.1) is 0 Å². The van der Waals surface area contributed by atoms with Gasteiger partial charge in [-0.25, -0.2) is 13.6 Å². The molecule has 0 heterocycles. The van der Waals surface area contributed by atoms with E-state index in [1.54, 1.807) is 0 Å². The molecule has 0 aliphatic heterocycles. The first-order chi connectivity index (χ1) is 6.56. The highest BCUT2D eigenvalue weighted by Gasteiger charge is 2.19. The van der Waals surface area contributed by atoms with Crippen LogP contribution in [-0.2, 0) is 4.74 Å². The average molecular weight is 202 g/mol. The fraction of sp³-hybridized carbons (Fsp3) is 0.222. The predicted molar refractivity (Wildman–Crippen MR) is 44.0 cm³/mol. The first-order valence-corrected chi connectivity index (χ1v) is 3.91. The van der Waals surface area contributed by atoms with Gasteiger partial charge in [0.15, 0.2) is 0 Å². The first-order valence-electron chi connectivity index (χ1n) is 3.91. The van der Waals surface area contributed by atoms with Gasteiger partial charge in [0.1, 0.15) is 22.9 Å². The molecule has 0 atom stereocenters. The number of phenolic OH excluding ortho intramolecular Hbond substituents is 1. The van der Waals surface area contributed by atoms with E-state index in [0.717, 1.165) is 0 Å². The van der Waals surface area contributed by atoms with Crippen LogP contribution in [0.2, 0.25) is 0 Å². The van der Waals surface area contributed by atoms with Crippen LogP contribution < -0.4 is 0 Å². The van der Waals surface area contributed by atoms with E-state index in [1.807, 2.05) is 0 Å². The summed E-state index contributed by atoms with van der Waals surface area (Å²) < 4.78 is 30.0. The van der Waals surface area contributed by atoms with E-state index in [-0.39, 0.29) is 6.61 Å². The Labute approximate surface area is 78.9 Å². The van der Waals surface area contributed by atoms with Gasteiger partial charge in [-0.1, -0.05) is 0 Å². The van der Waals surface area contributed by atoms with E-state index in [0.29, 0.717) is 12.1 Å². The lowest BCUT2D eigenvalue weighted by Gasteiger charge is -2.05. The van der Waals surface area contributed by atoms with E-state index in [1.165, 1.54) is 6.92 Å². The summed E-state index contributed by atoms with van der Waals surface area (Å²) in [4.78, 5) is 11.1. The van der Waals surface area contributed by atoms with Gasteiger partial charge in [0.25, 0.3) is 0 Å². The van der Waals surface area contributed by atoms with Crippen LogP contribution >= 0.6 is 0 Å². The van der Waals surface area contributed by atoms with E-state index in [4.69, 9.17) is 5.11 Å². The second-order valence-electron chi connectivity index (χ2n) is 2.50. The molecule has 0 amide bonds. The fourth-order valence-corrected chi connectivity index (χ4v) is 0.965. The number of halogens is 2. The monoisotopic (exact) mass is 202 g/mol.